The minimum atomic E-state index is -0.207. The molecule has 0 atom stereocenters. The second-order valence-electron chi connectivity index (χ2n) is 6.79. The number of aromatic nitrogens is 1. The average Bonchev–Trinajstić information content (AvgIpc) is 2.76. The SMILES string of the molecule is Cc1ccc(C(=O)Nc2ccc(Cl)cn2)cc1-c1ccc(-c2ccccc2)cc1. The van der Waals surface area contributed by atoms with Crippen LogP contribution in [0.15, 0.2) is 91.1 Å². The topological polar surface area (TPSA) is 42.0 Å². The van der Waals surface area contributed by atoms with Crippen molar-refractivity contribution in [3.05, 3.63) is 107 Å². The van der Waals surface area contributed by atoms with E-state index in [1.54, 1.807) is 12.1 Å². The number of nitrogens with zero attached hydrogens (tertiary/aromatic N) is 1. The number of carbonyl (C=O) groups is 1. The van der Waals surface area contributed by atoms with Gasteiger partial charge in [-0.1, -0.05) is 72.3 Å². The lowest BCUT2D eigenvalue weighted by Gasteiger charge is -2.11. The first-order valence-electron chi connectivity index (χ1n) is 9.29. The maximum absolute atomic E-state index is 12.6. The van der Waals surface area contributed by atoms with Crippen LogP contribution in [0.3, 0.4) is 0 Å². The summed E-state index contributed by atoms with van der Waals surface area (Å²) in [6.07, 6.45) is 1.51. The van der Waals surface area contributed by atoms with E-state index in [0.29, 0.717) is 16.4 Å². The van der Waals surface area contributed by atoms with Gasteiger partial charge in [0.2, 0.25) is 0 Å². The fourth-order valence-electron chi connectivity index (χ4n) is 3.19. The van der Waals surface area contributed by atoms with E-state index >= 15 is 0 Å². The molecule has 1 N–H and O–H groups in total. The van der Waals surface area contributed by atoms with Gasteiger partial charge in [0.15, 0.2) is 0 Å². The highest BCUT2D eigenvalue weighted by Crippen LogP contribution is 2.28. The van der Waals surface area contributed by atoms with Crippen LogP contribution in [0.25, 0.3) is 22.3 Å². The molecule has 0 saturated heterocycles. The van der Waals surface area contributed by atoms with Gasteiger partial charge in [-0.2, -0.15) is 0 Å². The van der Waals surface area contributed by atoms with Crippen LogP contribution in [-0.4, -0.2) is 10.9 Å². The zero-order valence-electron chi connectivity index (χ0n) is 15.9. The number of carbonyl (C=O) groups excluding carboxylic acids is 1. The molecule has 3 aromatic carbocycles. The molecule has 29 heavy (non-hydrogen) atoms. The van der Waals surface area contributed by atoms with Gasteiger partial charge in [-0.05, 0) is 59.0 Å². The maximum atomic E-state index is 12.6. The van der Waals surface area contributed by atoms with Gasteiger partial charge in [0.25, 0.3) is 5.91 Å². The van der Waals surface area contributed by atoms with Crippen molar-refractivity contribution >= 4 is 23.3 Å². The molecule has 0 bridgehead atoms. The van der Waals surface area contributed by atoms with Gasteiger partial charge in [0.05, 0.1) is 5.02 Å². The molecule has 0 aliphatic rings. The fraction of sp³-hybridized carbons (Fsp3) is 0.0400. The number of amides is 1. The molecule has 0 spiro atoms. The standard InChI is InChI=1S/C25H19ClN2O/c1-17-7-8-21(25(29)28-24-14-13-22(26)16-27-24)15-23(17)20-11-9-19(10-12-20)18-5-3-2-4-6-18/h2-16H,1H3,(H,27,28,29). The highest BCUT2D eigenvalue weighted by Gasteiger charge is 2.11. The first-order valence-corrected chi connectivity index (χ1v) is 9.67. The third-order valence-corrected chi connectivity index (χ3v) is 5.00. The van der Waals surface area contributed by atoms with Crippen LogP contribution in [0.4, 0.5) is 5.82 Å². The summed E-state index contributed by atoms with van der Waals surface area (Å²) >= 11 is 5.85. The summed E-state index contributed by atoms with van der Waals surface area (Å²) in [4.78, 5) is 16.8. The summed E-state index contributed by atoms with van der Waals surface area (Å²) in [5.74, 6) is 0.260. The van der Waals surface area contributed by atoms with Gasteiger partial charge >= 0.3 is 0 Å². The summed E-state index contributed by atoms with van der Waals surface area (Å²) in [5.41, 5.74) is 6.13. The summed E-state index contributed by atoms with van der Waals surface area (Å²) in [5, 5.41) is 3.33. The fourth-order valence-corrected chi connectivity index (χ4v) is 3.30. The van der Waals surface area contributed by atoms with Crippen LogP contribution in [0.5, 0.6) is 0 Å². The Morgan fingerprint density at radius 1 is 0.828 bits per heavy atom. The quantitative estimate of drug-likeness (QED) is 0.419. The van der Waals surface area contributed by atoms with Crippen molar-refractivity contribution in [1.82, 2.24) is 4.98 Å². The summed E-state index contributed by atoms with van der Waals surface area (Å²) in [7, 11) is 0. The van der Waals surface area contributed by atoms with Crippen molar-refractivity contribution < 1.29 is 4.79 Å². The number of pyridine rings is 1. The molecule has 0 radical (unpaired) electrons. The van der Waals surface area contributed by atoms with Crippen molar-refractivity contribution in [3.63, 3.8) is 0 Å². The Bertz CT molecular complexity index is 1140. The van der Waals surface area contributed by atoms with Crippen LogP contribution in [0.2, 0.25) is 5.02 Å². The van der Waals surface area contributed by atoms with E-state index in [9.17, 15) is 4.79 Å². The Hall–Kier alpha value is -3.43. The lowest BCUT2D eigenvalue weighted by molar-refractivity contribution is 0.102. The Morgan fingerprint density at radius 2 is 1.52 bits per heavy atom. The average molecular weight is 399 g/mol. The van der Waals surface area contributed by atoms with Crippen molar-refractivity contribution in [2.75, 3.05) is 5.32 Å². The Kier molecular flexibility index (Phi) is 5.41. The highest BCUT2D eigenvalue weighted by atomic mass is 35.5. The van der Waals surface area contributed by atoms with Gasteiger partial charge in [-0.15, -0.1) is 0 Å². The number of hydrogen-bond donors (Lipinski definition) is 1. The lowest BCUT2D eigenvalue weighted by atomic mass is 9.96. The third-order valence-electron chi connectivity index (χ3n) is 4.77. The molecule has 4 aromatic rings. The zero-order chi connectivity index (χ0) is 20.2. The molecule has 1 heterocycles. The van der Waals surface area contributed by atoms with E-state index < -0.39 is 0 Å². The van der Waals surface area contributed by atoms with E-state index in [4.69, 9.17) is 11.6 Å². The predicted molar refractivity (Wildman–Crippen MR) is 119 cm³/mol. The predicted octanol–water partition coefficient (Wildman–Crippen LogP) is 6.63. The van der Waals surface area contributed by atoms with Crippen molar-refractivity contribution in [2.24, 2.45) is 0 Å². The van der Waals surface area contributed by atoms with E-state index in [0.717, 1.165) is 22.3 Å². The number of aryl methyl sites for hydroxylation is 1. The zero-order valence-corrected chi connectivity index (χ0v) is 16.6. The lowest BCUT2D eigenvalue weighted by Crippen LogP contribution is -2.13. The molecule has 142 valence electrons. The summed E-state index contributed by atoms with van der Waals surface area (Å²) in [6, 6.07) is 27.7. The van der Waals surface area contributed by atoms with Crippen molar-refractivity contribution in [2.45, 2.75) is 6.92 Å². The van der Waals surface area contributed by atoms with Crippen LogP contribution >= 0.6 is 11.6 Å². The number of halogens is 1. The Morgan fingerprint density at radius 3 is 2.21 bits per heavy atom. The van der Waals surface area contributed by atoms with Crippen molar-refractivity contribution in [1.29, 1.82) is 0 Å². The second kappa shape index (κ2) is 8.29. The summed E-state index contributed by atoms with van der Waals surface area (Å²) in [6.45, 7) is 2.04. The molecule has 0 aliphatic heterocycles. The third kappa shape index (κ3) is 4.36. The van der Waals surface area contributed by atoms with E-state index in [2.05, 4.69) is 46.7 Å². The molecule has 4 rings (SSSR count). The Balaban J connectivity index is 1.59. The van der Waals surface area contributed by atoms with Gasteiger partial charge in [-0.25, -0.2) is 4.98 Å². The van der Waals surface area contributed by atoms with Crippen LogP contribution in [0, 0.1) is 6.92 Å². The number of rotatable bonds is 4. The van der Waals surface area contributed by atoms with Crippen LogP contribution in [0.1, 0.15) is 15.9 Å². The van der Waals surface area contributed by atoms with Gasteiger partial charge in [0, 0.05) is 11.8 Å². The molecular formula is C25H19ClN2O. The molecule has 0 fully saturated rings. The minimum absolute atomic E-state index is 0.207. The molecule has 1 amide bonds. The molecule has 4 heteroatoms. The van der Waals surface area contributed by atoms with Crippen molar-refractivity contribution in [3.8, 4) is 22.3 Å². The number of nitrogens with one attached hydrogen (secondary N) is 1. The molecule has 1 aromatic heterocycles. The molecule has 0 unspecified atom stereocenters. The first-order chi connectivity index (χ1) is 14.1. The maximum Gasteiger partial charge on any atom is 0.256 e. The summed E-state index contributed by atoms with van der Waals surface area (Å²) < 4.78 is 0. The smallest absolute Gasteiger partial charge is 0.256 e. The van der Waals surface area contributed by atoms with E-state index in [-0.39, 0.29) is 5.91 Å². The second-order valence-corrected chi connectivity index (χ2v) is 7.23. The van der Waals surface area contributed by atoms with E-state index in [1.807, 2.05) is 43.3 Å². The first kappa shape index (κ1) is 18.9. The highest BCUT2D eigenvalue weighted by molar-refractivity contribution is 6.30. The largest absolute Gasteiger partial charge is 0.307 e. The van der Waals surface area contributed by atoms with E-state index in [1.165, 1.54) is 11.8 Å². The molecule has 0 saturated carbocycles. The van der Waals surface area contributed by atoms with Gasteiger partial charge in [0.1, 0.15) is 5.82 Å². The molecule has 0 aliphatic carbocycles. The number of hydrogen-bond acceptors (Lipinski definition) is 2. The molecular weight excluding hydrogens is 380 g/mol. The number of anilines is 1. The van der Waals surface area contributed by atoms with Crippen LogP contribution < -0.4 is 5.32 Å². The van der Waals surface area contributed by atoms with Gasteiger partial charge < -0.3 is 5.32 Å². The minimum Gasteiger partial charge on any atom is -0.307 e. The van der Waals surface area contributed by atoms with Crippen LogP contribution in [-0.2, 0) is 0 Å². The number of benzene rings is 3. The Labute approximate surface area is 175 Å². The normalized spacial score (nSPS) is 10.6. The molecule has 3 nitrogen and oxygen atoms in total. The van der Waals surface area contributed by atoms with Gasteiger partial charge in [-0.3, -0.25) is 4.79 Å². The monoisotopic (exact) mass is 398 g/mol.